The van der Waals surface area contributed by atoms with Gasteiger partial charge in [0, 0.05) is 32.8 Å². The zero-order valence-corrected chi connectivity index (χ0v) is 11.1. The third-order valence-electron chi connectivity index (χ3n) is 4.14. The molecule has 0 saturated carbocycles. The minimum absolute atomic E-state index is 0.448. The maximum atomic E-state index is 5.92. The van der Waals surface area contributed by atoms with Gasteiger partial charge in [0.2, 0.25) is 0 Å². The van der Waals surface area contributed by atoms with Gasteiger partial charge in [-0.05, 0) is 44.8 Å². The molecule has 2 rings (SSSR count). The molecule has 2 aliphatic rings. The molecule has 2 heterocycles. The van der Waals surface area contributed by atoms with E-state index in [0.717, 1.165) is 12.5 Å². The number of ether oxygens (including phenoxy) is 1. The first-order valence-corrected chi connectivity index (χ1v) is 6.97. The minimum atomic E-state index is 0.448. The van der Waals surface area contributed by atoms with E-state index in [2.05, 4.69) is 9.80 Å². The van der Waals surface area contributed by atoms with Crippen LogP contribution in [-0.2, 0) is 4.74 Å². The highest BCUT2D eigenvalue weighted by Crippen LogP contribution is 2.16. The molecule has 4 heteroatoms. The van der Waals surface area contributed by atoms with Crippen molar-refractivity contribution in [3.63, 3.8) is 0 Å². The number of nitrogens with two attached hydrogens (primary N) is 1. The van der Waals surface area contributed by atoms with Crippen LogP contribution in [0.5, 0.6) is 0 Å². The number of likely N-dealkylation sites (tertiary alicyclic amines) is 2. The van der Waals surface area contributed by atoms with Crippen LogP contribution in [0.2, 0.25) is 0 Å². The Bertz CT molecular complexity index is 217. The molecule has 100 valence electrons. The molecule has 4 nitrogen and oxygen atoms in total. The molecular weight excluding hydrogens is 214 g/mol. The normalized spacial score (nSPS) is 28.9. The zero-order chi connectivity index (χ0) is 12.1. The second-order valence-corrected chi connectivity index (χ2v) is 5.59. The predicted octanol–water partition coefficient (Wildman–Crippen LogP) is 0.378. The first kappa shape index (κ1) is 13.3. The Kier molecular flexibility index (Phi) is 5.22. The Morgan fingerprint density at radius 1 is 1.06 bits per heavy atom. The smallest absolute Gasteiger partial charge is 0.0503 e. The monoisotopic (exact) mass is 241 g/mol. The van der Waals surface area contributed by atoms with E-state index in [1.807, 2.05) is 0 Å². The summed E-state index contributed by atoms with van der Waals surface area (Å²) in [5.74, 6) is 0.759. The van der Waals surface area contributed by atoms with Gasteiger partial charge in [-0.1, -0.05) is 0 Å². The molecule has 0 amide bonds. The summed E-state index contributed by atoms with van der Waals surface area (Å²) in [5.41, 5.74) is 5.92. The van der Waals surface area contributed by atoms with Crippen LogP contribution < -0.4 is 5.73 Å². The lowest BCUT2D eigenvalue weighted by Gasteiger charge is -2.31. The molecule has 0 radical (unpaired) electrons. The Balaban J connectivity index is 1.59. The standard InChI is InChI=1S/C13H27N3O/c1-17-11-12-2-5-16(10-12)9-8-15-6-3-13(14)4-7-15/h12-13H,2-11,14H2,1H3. The summed E-state index contributed by atoms with van der Waals surface area (Å²) >= 11 is 0. The maximum absolute atomic E-state index is 5.92. The van der Waals surface area contributed by atoms with Gasteiger partial charge in [-0.3, -0.25) is 0 Å². The van der Waals surface area contributed by atoms with Crippen LogP contribution in [0.4, 0.5) is 0 Å². The molecule has 0 aromatic heterocycles. The lowest BCUT2D eigenvalue weighted by Crippen LogP contribution is -2.42. The van der Waals surface area contributed by atoms with Crippen molar-refractivity contribution in [3.05, 3.63) is 0 Å². The van der Waals surface area contributed by atoms with Crippen LogP contribution in [0.25, 0.3) is 0 Å². The Morgan fingerprint density at radius 3 is 2.41 bits per heavy atom. The summed E-state index contributed by atoms with van der Waals surface area (Å²) in [5, 5.41) is 0. The molecule has 0 aromatic carbocycles. The number of hydrogen-bond acceptors (Lipinski definition) is 4. The molecule has 2 N–H and O–H groups in total. The van der Waals surface area contributed by atoms with Crippen molar-refractivity contribution < 1.29 is 4.74 Å². The lowest BCUT2D eigenvalue weighted by atomic mass is 10.1. The van der Waals surface area contributed by atoms with E-state index in [0.29, 0.717) is 6.04 Å². The first-order valence-electron chi connectivity index (χ1n) is 6.97. The van der Waals surface area contributed by atoms with Crippen molar-refractivity contribution in [2.24, 2.45) is 11.7 Å². The van der Waals surface area contributed by atoms with Crippen molar-refractivity contribution in [2.45, 2.75) is 25.3 Å². The van der Waals surface area contributed by atoms with Gasteiger partial charge in [-0.2, -0.15) is 0 Å². The van der Waals surface area contributed by atoms with E-state index in [-0.39, 0.29) is 0 Å². The highest BCUT2D eigenvalue weighted by atomic mass is 16.5. The molecule has 0 bridgehead atoms. The summed E-state index contributed by atoms with van der Waals surface area (Å²) in [7, 11) is 1.81. The van der Waals surface area contributed by atoms with E-state index in [1.54, 1.807) is 7.11 Å². The van der Waals surface area contributed by atoms with E-state index < -0.39 is 0 Å². The number of rotatable bonds is 5. The molecule has 0 spiro atoms. The van der Waals surface area contributed by atoms with Gasteiger partial charge in [0.25, 0.3) is 0 Å². The van der Waals surface area contributed by atoms with Gasteiger partial charge in [0.1, 0.15) is 0 Å². The zero-order valence-electron chi connectivity index (χ0n) is 11.1. The molecule has 2 fully saturated rings. The van der Waals surface area contributed by atoms with Crippen LogP contribution >= 0.6 is 0 Å². The van der Waals surface area contributed by atoms with Gasteiger partial charge in [0.15, 0.2) is 0 Å². The van der Waals surface area contributed by atoms with Gasteiger partial charge in [0.05, 0.1) is 6.61 Å². The van der Waals surface area contributed by atoms with E-state index in [1.165, 1.54) is 58.5 Å². The fourth-order valence-corrected chi connectivity index (χ4v) is 2.95. The Hall–Kier alpha value is -0.160. The van der Waals surface area contributed by atoms with E-state index >= 15 is 0 Å². The van der Waals surface area contributed by atoms with Crippen molar-refractivity contribution in [2.75, 3.05) is 53.0 Å². The molecule has 0 aromatic rings. The van der Waals surface area contributed by atoms with Crippen LogP contribution in [0.1, 0.15) is 19.3 Å². The summed E-state index contributed by atoms with van der Waals surface area (Å²) < 4.78 is 5.23. The van der Waals surface area contributed by atoms with Gasteiger partial charge in [-0.15, -0.1) is 0 Å². The van der Waals surface area contributed by atoms with Crippen molar-refractivity contribution in [1.82, 2.24) is 9.80 Å². The predicted molar refractivity (Wildman–Crippen MR) is 70.1 cm³/mol. The van der Waals surface area contributed by atoms with Crippen molar-refractivity contribution in [3.8, 4) is 0 Å². The quantitative estimate of drug-likeness (QED) is 0.755. The fraction of sp³-hybridized carbons (Fsp3) is 1.00. The van der Waals surface area contributed by atoms with Gasteiger partial charge in [-0.25, -0.2) is 0 Å². The van der Waals surface area contributed by atoms with Crippen molar-refractivity contribution in [1.29, 1.82) is 0 Å². The Morgan fingerprint density at radius 2 is 1.71 bits per heavy atom. The average Bonchev–Trinajstić information content (AvgIpc) is 2.77. The second kappa shape index (κ2) is 6.69. The second-order valence-electron chi connectivity index (χ2n) is 5.59. The number of piperidine rings is 1. The largest absolute Gasteiger partial charge is 0.384 e. The van der Waals surface area contributed by atoms with Gasteiger partial charge < -0.3 is 20.3 Å². The highest BCUT2D eigenvalue weighted by Gasteiger charge is 2.23. The van der Waals surface area contributed by atoms with Crippen LogP contribution in [0, 0.1) is 5.92 Å². The summed E-state index contributed by atoms with van der Waals surface area (Å²) in [4.78, 5) is 5.14. The summed E-state index contributed by atoms with van der Waals surface area (Å²) in [6.07, 6.45) is 3.65. The lowest BCUT2D eigenvalue weighted by molar-refractivity contribution is 0.148. The SMILES string of the molecule is COCC1CCN(CCN2CCC(N)CC2)C1. The molecule has 1 unspecified atom stereocenters. The summed E-state index contributed by atoms with van der Waals surface area (Å²) in [6, 6.07) is 0.448. The minimum Gasteiger partial charge on any atom is -0.384 e. The van der Waals surface area contributed by atoms with E-state index in [9.17, 15) is 0 Å². The molecule has 2 aliphatic heterocycles. The molecule has 1 atom stereocenters. The number of nitrogens with zero attached hydrogens (tertiary/aromatic N) is 2. The molecule has 0 aliphatic carbocycles. The highest BCUT2D eigenvalue weighted by molar-refractivity contribution is 4.78. The van der Waals surface area contributed by atoms with E-state index in [4.69, 9.17) is 10.5 Å². The first-order chi connectivity index (χ1) is 8.28. The van der Waals surface area contributed by atoms with Crippen molar-refractivity contribution >= 4 is 0 Å². The fourth-order valence-electron chi connectivity index (χ4n) is 2.95. The maximum Gasteiger partial charge on any atom is 0.0503 e. The topological polar surface area (TPSA) is 41.7 Å². The van der Waals surface area contributed by atoms with Crippen LogP contribution in [-0.4, -0.2) is 68.8 Å². The Labute approximate surface area is 105 Å². The molecular formula is C13H27N3O. The number of hydrogen-bond donors (Lipinski definition) is 1. The summed E-state index contributed by atoms with van der Waals surface area (Å²) in [6.45, 7) is 8.21. The van der Waals surface area contributed by atoms with Crippen LogP contribution in [0.3, 0.4) is 0 Å². The number of methoxy groups -OCH3 is 1. The van der Waals surface area contributed by atoms with Crippen LogP contribution in [0.15, 0.2) is 0 Å². The average molecular weight is 241 g/mol. The third-order valence-corrected chi connectivity index (χ3v) is 4.14. The molecule has 2 saturated heterocycles. The van der Waals surface area contributed by atoms with Gasteiger partial charge >= 0.3 is 0 Å². The third kappa shape index (κ3) is 4.21. The molecule has 17 heavy (non-hydrogen) atoms.